The molecule has 0 fully saturated rings. The predicted octanol–water partition coefficient (Wildman–Crippen LogP) is 4.68. The molecule has 0 saturated heterocycles. The molecule has 5 rings (SSSR count). The molecule has 7 nitrogen and oxygen atoms in total. The van der Waals surface area contributed by atoms with Gasteiger partial charge in [-0.2, -0.15) is 0 Å². The Balaban J connectivity index is 1.67. The van der Waals surface area contributed by atoms with Crippen LogP contribution in [-0.4, -0.2) is 24.7 Å². The van der Waals surface area contributed by atoms with Gasteiger partial charge in [-0.05, 0) is 60.5 Å². The van der Waals surface area contributed by atoms with E-state index in [4.69, 9.17) is 21.1 Å². The number of allylic oxidation sites excluding steroid dienone is 1. The molecular formula is C29H23ClFN3O4S. The maximum Gasteiger partial charge on any atom is 0.271 e. The average molecular weight is 564 g/mol. The molecule has 1 amide bonds. The van der Waals surface area contributed by atoms with Crippen molar-refractivity contribution >= 4 is 40.6 Å². The number of anilines is 1. The van der Waals surface area contributed by atoms with E-state index in [0.29, 0.717) is 53.9 Å². The lowest BCUT2D eigenvalue weighted by molar-refractivity contribution is -0.113. The van der Waals surface area contributed by atoms with E-state index in [1.54, 1.807) is 49.4 Å². The highest BCUT2D eigenvalue weighted by Crippen LogP contribution is 2.36. The Bertz CT molecular complexity index is 1780. The van der Waals surface area contributed by atoms with Gasteiger partial charge in [-0.3, -0.25) is 14.2 Å². The molecule has 1 aromatic heterocycles. The quantitative estimate of drug-likeness (QED) is 0.369. The monoisotopic (exact) mass is 563 g/mol. The highest BCUT2D eigenvalue weighted by atomic mass is 35.5. The summed E-state index contributed by atoms with van der Waals surface area (Å²) in [6.07, 6.45) is 1.68. The number of fused-ring (bicyclic) bond motifs is 1. The summed E-state index contributed by atoms with van der Waals surface area (Å²) in [5, 5.41) is 3.22. The molecular weight excluding hydrogens is 541 g/mol. The SMILES string of the molecule is COc1cc(/C=c2\sc3n(c2=O)[C@@H](c2ccc(F)cc2)C(C(=O)Nc2ccccc2)=C(C)N=3)cc(Cl)c1OC. The van der Waals surface area contributed by atoms with Crippen LogP contribution in [0.2, 0.25) is 5.02 Å². The molecule has 39 heavy (non-hydrogen) atoms. The van der Waals surface area contributed by atoms with Gasteiger partial charge in [0.05, 0.1) is 41.1 Å². The lowest BCUT2D eigenvalue weighted by atomic mass is 9.95. The number of hydrogen-bond acceptors (Lipinski definition) is 6. The lowest BCUT2D eigenvalue weighted by Gasteiger charge is -2.25. The largest absolute Gasteiger partial charge is 0.493 e. The minimum atomic E-state index is -0.818. The van der Waals surface area contributed by atoms with E-state index >= 15 is 0 Å². The molecule has 10 heteroatoms. The van der Waals surface area contributed by atoms with E-state index in [-0.39, 0.29) is 5.56 Å². The van der Waals surface area contributed by atoms with Crippen LogP contribution in [0.3, 0.4) is 0 Å². The fourth-order valence-electron chi connectivity index (χ4n) is 4.46. The van der Waals surface area contributed by atoms with Crippen molar-refractivity contribution in [3.05, 3.63) is 120 Å². The number of nitrogens with one attached hydrogen (secondary N) is 1. The molecule has 1 aliphatic rings. The van der Waals surface area contributed by atoms with Gasteiger partial charge in [0, 0.05) is 5.69 Å². The molecule has 0 saturated carbocycles. The number of thiazole rings is 1. The summed E-state index contributed by atoms with van der Waals surface area (Å²) >= 11 is 7.55. The van der Waals surface area contributed by atoms with Gasteiger partial charge in [-0.1, -0.05) is 53.3 Å². The van der Waals surface area contributed by atoms with Crippen molar-refractivity contribution in [2.45, 2.75) is 13.0 Å². The molecule has 1 N–H and O–H groups in total. The Morgan fingerprint density at radius 3 is 2.49 bits per heavy atom. The number of carbonyl (C=O) groups excluding carboxylic acids is 1. The number of aromatic nitrogens is 1. The molecule has 0 spiro atoms. The van der Waals surface area contributed by atoms with Crippen LogP contribution < -0.4 is 29.7 Å². The van der Waals surface area contributed by atoms with Gasteiger partial charge in [0.15, 0.2) is 16.3 Å². The predicted molar refractivity (Wildman–Crippen MR) is 150 cm³/mol. The zero-order valence-corrected chi connectivity index (χ0v) is 22.8. The number of carbonyl (C=O) groups is 1. The summed E-state index contributed by atoms with van der Waals surface area (Å²) in [6.45, 7) is 1.72. The number of halogens is 2. The summed E-state index contributed by atoms with van der Waals surface area (Å²) < 4.78 is 26.4. The summed E-state index contributed by atoms with van der Waals surface area (Å²) in [7, 11) is 2.99. The smallest absolute Gasteiger partial charge is 0.271 e. The van der Waals surface area contributed by atoms with Crippen LogP contribution in [0.25, 0.3) is 6.08 Å². The highest BCUT2D eigenvalue weighted by Gasteiger charge is 2.32. The first-order chi connectivity index (χ1) is 18.8. The van der Waals surface area contributed by atoms with E-state index in [9.17, 15) is 14.0 Å². The van der Waals surface area contributed by atoms with Crippen molar-refractivity contribution in [1.82, 2.24) is 4.57 Å². The van der Waals surface area contributed by atoms with Crippen LogP contribution in [0.4, 0.5) is 10.1 Å². The number of amides is 1. The van der Waals surface area contributed by atoms with Crippen molar-refractivity contribution in [3.63, 3.8) is 0 Å². The van der Waals surface area contributed by atoms with Crippen molar-refractivity contribution in [2.75, 3.05) is 19.5 Å². The first-order valence-corrected chi connectivity index (χ1v) is 13.1. The maximum atomic E-state index is 13.8. The third kappa shape index (κ3) is 5.10. The second-order valence-corrected chi connectivity index (χ2v) is 10.1. The molecule has 2 heterocycles. The van der Waals surface area contributed by atoms with Crippen molar-refractivity contribution in [1.29, 1.82) is 0 Å². The minimum Gasteiger partial charge on any atom is -0.493 e. The molecule has 1 atom stereocenters. The van der Waals surface area contributed by atoms with Crippen LogP contribution in [0, 0.1) is 5.82 Å². The summed E-state index contributed by atoms with van der Waals surface area (Å²) in [6, 6.07) is 17.3. The molecule has 0 unspecified atom stereocenters. The van der Waals surface area contributed by atoms with Gasteiger partial charge in [-0.25, -0.2) is 9.38 Å². The van der Waals surface area contributed by atoms with Gasteiger partial charge < -0.3 is 14.8 Å². The lowest BCUT2D eigenvalue weighted by Crippen LogP contribution is -2.40. The Kier molecular flexibility index (Phi) is 7.36. The van der Waals surface area contributed by atoms with Crippen LogP contribution in [0.1, 0.15) is 24.1 Å². The molecule has 4 aromatic rings. The van der Waals surface area contributed by atoms with Crippen LogP contribution >= 0.6 is 22.9 Å². The Labute approximate surface area is 232 Å². The zero-order valence-electron chi connectivity index (χ0n) is 21.2. The second-order valence-electron chi connectivity index (χ2n) is 8.69. The normalized spacial score (nSPS) is 15.0. The van der Waals surface area contributed by atoms with Crippen LogP contribution in [-0.2, 0) is 4.79 Å². The molecule has 0 aliphatic carbocycles. The third-order valence-electron chi connectivity index (χ3n) is 6.24. The molecule has 0 radical (unpaired) electrons. The van der Waals surface area contributed by atoms with Gasteiger partial charge in [-0.15, -0.1) is 0 Å². The second kappa shape index (κ2) is 10.9. The van der Waals surface area contributed by atoms with Crippen molar-refractivity contribution in [2.24, 2.45) is 4.99 Å². The fraction of sp³-hybridized carbons (Fsp3) is 0.138. The minimum absolute atomic E-state index is 0.290. The van der Waals surface area contributed by atoms with Crippen LogP contribution in [0.5, 0.6) is 11.5 Å². The number of hydrogen-bond donors (Lipinski definition) is 1. The first kappa shape index (κ1) is 26.4. The standard InChI is InChI=1S/C29H23ClFN3O4S/c1-16-24(27(35)33-20-7-5-4-6-8-20)25(18-9-11-19(31)12-10-18)34-28(36)23(39-29(34)32-16)15-17-13-21(30)26(38-3)22(14-17)37-2/h4-15,25H,1-3H3,(H,33,35)/b23-15-/t25-/m0/s1. The van der Waals surface area contributed by atoms with E-state index < -0.39 is 17.8 Å². The maximum absolute atomic E-state index is 13.8. The zero-order chi connectivity index (χ0) is 27.7. The summed E-state index contributed by atoms with van der Waals surface area (Å²) in [4.78, 5) is 32.4. The Hall–Kier alpha value is -4.21. The van der Waals surface area contributed by atoms with Crippen molar-refractivity contribution in [3.8, 4) is 11.5 Å². The highest BCUT2D eigenvalue weighted by molar-refractivity contribution is 7.07. The summed E-state index contributed by atoms with van der Waals surface area (Å²) in [5.41, 5.74) is 2.20. The van der Waals surface area contributed by atoms with E-state index in [1.807, 2.05) is 18.2 Å². The number of benzene rings is 3. The number of nitrogens with zero attached hydrogens (tertiary/aromatic N) is 2. The van der Waals surface area contributed by atoms with Crippen LogP contribution in [0.15, 0.2) is 87.8 Å². The van der Waals surface area contributed by atoms with Crippen molar-refractivity contribution < 1.29 is 18.7 Å². The fourth-order valence-corrected chi connectivity index (χ4v) is 5.81. The van der Waals surface area contributed by atoms with E-state index in [0.717, 1.165) is 0 Å². The Morgan fingerprint density at radius 2 is 1.82 bits per heavy atom. The number of rotatable bonds is 6. The molecule has 0 bridgehead atoms. The topological polar surface area (TPSA) is 81.9 Å². The first-order valence-electron chi connectivity index (χ1n) is 11.9. The van der Waals surface area contributed by atoms with Gasteiger partial charge >= 0.3 is 0 Å². The molecule has 3 aromatic carbocycles. The van der Waals surface area contributed by atoms with Gasteiger partial charge in [0.25, 0.3) is 11.5 Å². The third-order valence-corrected chi connectivity index (χ3v) is 7.50. The Morgan fingerprint density at radius 1 is 1.10 bits per heavy atom. The summed E-state index contributed by atoms with van der Waals surface area (Å²) in [5.74, 6) is -0.0204. The van der Waals surface area contributed by atoms with E-state index in [2.05, 4.69) is 10.3 Å². The van der Waals surface area contributed by atoms with E-state index in [1.165, 1.54) is 42.3 Å². The average Bonchev–Trinajstić information content (AvgIpc) is 3.22. The van der Waals surface area contributed by atoms with Gasteiger partial charge in [0.2, 0.25) is 0 Å². The molecule has 198 valence electrons. The molecule has 1 aliphatic heterocycles. The number of ether oxygens (including phenoxy) is 2. The number of para-hydroxylation sites is 1. The number of methoxy groups -OCH3 is 2. The van der Waals surface area contributed by atoms with Gasteiger partial charge in [0.1, 0.15) is 5.82 Å².